The average Bonchev–Trinajstić information content (AvgIpc) is 3.49. The molecule has 1 fully saturated rings. The summed E-state index contributed by atoms with van der Waals surface area (Å²) in [5.74, 6) is 0. The molecule has 5 rings (SSSR count). The van der Waals surface area contributed by atoms with Crippen molar-refractivity contribution in [1.29, 1.82) is 0 Å². The Hall–Kier alpha value is -2.18. The molecule has 0 N–H and O–H groups in total. The summed E-state index contributed by atoms with van der Waals surface area (Å²) in [6.45, 7) is 5.30. The fraction of sp³-hybridized carbons (Fsp3) is 0.448. The van der Waals surface area contributed by atoms with Gasteiger partial charge in [0.2, 0.25) is 0 Å². The second-order valence-corrected chi connectivity index (χ2v) is 11.4. The average molecular weight is 475 g/mol. The number of anilines is 1. The van der Waals surface area contributed by atoms with Crippen LogP contribution >= 0.6 is 11.3 Å². The third-order valence-electron chi connectivity index (χ3n) is 7.34. The van der Waals surface area contributed by atoms with Crippen LogP contribution in [0.15, 0.2) is 60.3 Å². The highest BCUT2D eigenvalue weighted by atomic mass is 32.1. The molecule has 0 amide bonds. The van der Waals surface area contributed by atoms with Crippen LogP contribution in [0.5, 0.6) is 0 Å². The fourth-order valence-corrected chi connectivity index (χ4v) is 6.48. The molecule has 3 aliphatic heterocycles. The van der Waals surface area contributed by atoms with Crippen molar-refractivity contribution >= 4 is 21.9 Å². The summed E-state index contributed by atoms with van der Waals surface area (Å²) in [6, 6.07) is 12.3. The minimum Gasteiger partial charge on any atom is -0.336 e. The fourth-order valence-electron chi connectivity index (χ4n) is 5.43. The second-order valence-electron chi connectivity index (χ2n) is 10.3. The van der Waals surface area contributed by atoms with Crippen LogP contribution in [0.25, 0.3) is 16.0 Å². The van der Waals surface area contributed by atoms with Crippen LogP contribution in [0.2, 0.25) is 0 Å². The zero-order valence-corrected chi connectivity index (χ0v) is 21.9. The Bertz CT molecular complexity index is 1110. The van der Waals surface area contributed by atoms with Crippen LogP contribution < -0.4 is 4.90 Å². The van der Waals surface area contributed by atoms with Gasteiger partial charge in [0.15, 0.2) is 0 Å². The Kier molecular flexibility index (Phi) is 7.07. The second kappa shape index (κ2) is 10.2. The van der Waals surface area contributed by atoms with Gasteiger partial charge in [-0.15, -0.1) is 11.3 Å². The Labute approximate surface area is 209 Å². The van der Waals surface area contributed by atoms with Gasteiger partial charge in [-0.1, -0.05) is 30.4 Å². The van der Waals surface area contributed by atoms with Gasteiger partial charge in [0.1, 0.15) is 0 Å². The van der Waals surface area contributed by atoms with Crippen molar-refractivity contribution in [1.82, 2.24) is 14.7 Å². The topological polar surface area (TPSA) is 13.0 Å². The third-order valence-corrected chi connectivity index (χ3v) is 8.49. The van der Waals surface area contributed by atoms with Crippen LogP contribution in [0.3, 0.4) is 0 Å². The molecule has 0 spiro atoms. The van der Waals surface area contributed by atoms with E-state index in [-0.39, 0.29) is 0 Å². The normalized spacial score (nSPS) is 21.9. The first-order chi connectivity index (χ1) is 16.5. The van der Waals surface area contributed by atoms with E-state index >= 15 is 0 Å². The summed E-state index contributed by atoms with van der Waals surface area (Å²) in [5, 5.41) is 1.33. The van der Waals surface area contributed by atoms with E-state index in [0.717, 1.165) is 32.6 Å². The van der Waals surface area contributed by atoms with Crippen molar-refractivity contribution in [2.45, 2.75) is 31.8 Å². The highest BCUT2D eigenvalue weighted by Gasteiger charge is 2.25. The smallest absolute Gasteiger partial charge is 0.0957 e. The van der Waals surface area contributed by atoms with Crippen LogP contribution in [0.4, 0.5) is 5.00 Å². The third kappa shape index (κ3) is 5.08. The van der Waals surface area contributed by atoms with Crippen molar-refractivity contribution in [2.75, 3.05) is 59.3 Å². The quantitative estimate of drug-likeness (QED) is 0.544. The molecular formula is C29H38N4S. The summed E-state index contributed by atoms with van der Waals surface area (Å²) in [5.41, 5.74) is 7.11. The summed E-state index contributed by atoms with van der Waals surface area (Å²) in [7, 11) is 8.78. The van der Waals surface area contributed by atoms with Gasteiger partial charge in [-0.3, -0.25) is 4.90 Å². The maximum atomic E-state index is 2.49. The molecule has 1 aromatic heterocycles. The van der Waals surface area contributed by atoms with Gasteiger partial charge in [-0.2, -0.15) is 0 Å². The van der Waals surface area contributed by atoms with Crippen molar-refractivity contribution < 1.29 is 0 Å². The zero-order valence-electron chi connectivity index (χ0n) is 21.1. The Morgan fingerprint density at radius 1 is 1.06 bits per heavy atom. The minimum absolute atomic E-state index is 0.562. The first-order valence-electron chi connectivity index (χ1n) is 12.6. The standard InChI is InChI=1S/C29H38N4S/c1-30(2)20-25-19-23(22-13-17-31(3)18-14-22)9-10-26(25)28-11-12-29(34-28)33-16-5-7-24(21-33)27-8-6-15-32(27)4/h5,7,9-13,19,21,27H,6,8,14-18,20H2,1-4H3. The largest absolute Gasteiger partial charge is 0.336 e. The number of likely N-dealkylation sites (N-methyl/N-ethyl adjacent to an activating group) is 2. The molecule has 34 heavy (non-hydrogen) atoms. The Balaban J connectivity index is 1.41. The predicted molar refractivity (Wildman–Crippen MR) is 147 cm³/mol. The number of hydrogen-bond donors (Lipinski definition) is 0. The summed E-state index contributed by atoms with van der Waals surface area (Å²) in [4.78, 5) is 10.9. The first kappa shape index (κ1) is 23.6. The SMILES string of the molecule is CN(C)Cc1cc(C2=CCN(C)CC2)ccc1-c1ccc(N2C=C(C3CCCN3C)C=CC2)s1. The Morgan fingerprint density at radius 3 is 2.68 bits per heavy atom. The summed E-state index contributed by atoms with van der Waals surface area (Å²) in [6.07, 6.45) is 13.1. The molecule has 0 bridgehead atoms. The maximum Gasteiger partial charge on any atom is 0.0957 e. The Morgan fingerprint density at radius 2 is 1.94 bits per heavy atom. The van der Waals surface area contributed by atoms with Gasteiger partial charge in [0.25, 0.3) is 0 Å². The molecule has 4 nitrogen and oxygen atoms in total. The molecule has 1 aromatic carbocycles. The molecule has 0 saturated carbocycles. The number of benzene rings is 1. The number of rotatable bonds is 6. The van der Waals surface area contributed by atoms with Crippen LogP contribution in [-0.4, -0.2) is 75.1 Å². The van der Waals surface area contributed by atoms with E-state index in [4.69, 9.17) is 0 Å². The lowest BCUT2D eigenvalue weighted by molar-refractivity contribution is 0.348. The van der Waals surface area contributed by atoms with Gasteiger partial charge in [-0.05, 0) is 100 Å². The number of nitrogens with zero attached hydrogens (tertiary/aromatic N) is 4. The molecule has 0 aliphatic carbocycles. The number of thiophene rings is 1. The first-order valence-corrected chi connectivity index (χ1v) is 13.4. The molecule has 4 heterocycles. The van der Waals surface area contributed by atoms with Gasteiger partial charge < -0.3 is 14.7 Å². The minimum atomic E-state index is 0.562. The van der Waals surface area contributed by atoms with Crippen molar-refractivity contribution in [3.8, 4) is 10.4 Å². The van der Waals surface area contributed by atoms with Crippen molar-refractivity contribution in [2.24, 2.45) is 0 Å². The van der Waals surface area contributed by atoms with Gasteiger partial charge in [0.05, 0.1) is 5.00 Å². The lowest BCUT2D eigenvalue weighted by Gasteiger charge is -2.27. The summed E-state index contributed by atoms with van der Waals surface area (Å²) < 4.78 is 0. The van der Waals surface area contributed by atoms with Crippen molar-refractivity contribution in [3.05, 3.63) is 71.5 Å². The lowest BCUT2D eigenvalue weighted by Crippen LogP contribution is -2.29. The van der Waals surface area contributed by atoms with Crippen LogP contribution in [0.1, 0.15) is 30.4 Å². The molecule has 1 unspecified atom stereocenters. The van der Waals surface area contributed by atoms with E-state index in [2.05, 4.69) is 103 Å². The highest BCUT2D eigenvalue weighted by Crippen LogP contribution is 2.38. The molecular weight excluding hydrogens is 436 g/mol. The highest BCUT2D eigenvalue weighted by molar-refractivity contribution is 7.19. The van der Waals surface area contributed by atoms with E-state index in [9.17, 15) is 0 Å². The van der Waals surface area contributed by atoms with E-state index in [1.807, 2.05) is 11.3 Å². The molecule has 0 radical (unpaired) electrons. The van der Waals surface area contributed by atoms with E-state index < -0.39 is 0 Å². The van der Waals surface area contributed by atoms with E-state index in [0.29, 0.717) is 6.04 Å². The van der Waals surface area contributed by atoms with Gasteiger partial charge in [-0.25, -0.2) is 0 Å². The number of likely N-dealkylation sites (tertiary alicyclic amines) is 1. The predicted octanol–water partition coefficient (Wildman–Crippen LogP) is 5.55. The van der Waals surface area contributed by atoms with E-state index in [1.54, 1.807) is 0 Å². The molecule has 1 saturated heterocycles. The van der Waals surface area contributed by atoms with Crippen LogP contribution in [-0.2, 0) is 6.54 Å². The van der Waals surface area contributed by atoms with E-state index in [1.165, 1.54) is 57.1 Å². The number of hydrogen-bond acceptors (Lipinski definition) is 5. The lowest BCUT2D eigenvalue weighted by atomic mass is 9.94. The van der Waals surface area contributed by atoms with Crippen LogP contribution in [0, 0.1) is 0 Å². The zero-order chi connectivity index (χ0) is 23.7. The van der Waals surface area contributed by atoms with Gasteiger partial charge >= 0.3 is 0 Å². The van der Waals surface area contributed by atoms with Gasteiger partial charge in [0, 0.05) is 43.3 Å². The summed E-state index contributed by atoms with van der Waals surface area (Å²) >= 11 is 1.91. The van der Waals surface area contributed by atoms with Crippen molar-refractivity contribution in [3.63, 3.8) is 0 Å². The molecule has 1 atom stereocenters. The monoisotopic (exact) mass is 474 g/mol. The molecule has 5 heteroatoms. The molecule has 180 valence electrons. The maximum absolute atomic E-state index is 2.49. The molecule has 3 aliphatic rings. The molecule has 2 aromatic rings.